The van der Waals surface area contributed by atoms with Gasteiger partial charge < -0.3 is 4.74 Å². The maximum absolute atomic E-state index is 12.9. The summed E-state index contributed by atoms with van der Waals surface area (Å²) < 4.78 is 6.78. The van der Waals surface area contributed by atoms with Crippen molar-refractivity contribution in [1.82, 2.24) is 4.98 Å². The third kappa shape index (κ3) is 4.64. The van der Waals surface area contributed by atoms with Crippen molar-refractivity contribution in [2.45, 2.75) is 31.1 Å². The molecule has 0 bridgehead atoms. The van der Waals surface area contributed by atoms with Gasteiger partial charge in [-0.15, -0.1) is 11.3 Å². The number of aromatic nitrogens is 1. The second-order valence-electron chi connectivity index (χ2n) is 5.98. The SMILES string of the molecule is CSC(C)C(=O)N(CC1CCCO1)c1nc(-c2ccc(Br)cc2)cs1. The molecule has 0 N–H and O–H groups in total. The van der Waals surface area contributed by atoms with Crippen LogP contribution >= 0.6 is 39.0 Å². The van der Waals surface area contributed by atoms with Gasteiger partial charge in [0.2, 0.25) is 5.91 Å². The number of rotatable bonds is 6. The maximum atomic E-state index is 12.9. The zero-order valence-corrected chi connectivity index (χ0v) is 17.5. The van der Waals surface area contributed by atoms with E-state index in [1.54, 1.807) is 11.8 Å². The lowest BCUT2D eigenvalue weighted by atomic mass is 10.2. The minimum absolute atomic E-state index is 0.0959. The first-order valence-corrected chi connectivity index (χ1v) is 11.2. The molecule has 0 saturated carbocycles. The summed E-state index contributed by atoms with van der Waals surface area (Å²) in [6, 6.07) is 8.05. The number of anilines is 1. The van der Waals surface area contributed by atoms with Crippen LogP contribution in [0.15, 0.2) is 34.1 Å². The first-order chi connectivity index (χ1) is 12.1. The molecule has 0 aliphatic carbocycles. The first kappa shape index (κ1) is 18.9. The molecule has 1 aromatic heterocycles. The van der Waals surface area contributed by atoms with Gasteiger partial charge in [-0.05, 0) is 38.2 Å². The molecule has 1 fully saturated rings. The van der Waals surface area contributed by atoms with Crippen molar-refractivity contribution in [3.8, 4) is 11.3 Å². The molecule has 4 nitrogen and oxygen atoms in total. The Morgan fingerprint density at radius 1 is 1.48 bits per heavy atom. The molecule has 1 saturated heterocycles. The number of hydrogen-bond acceptors (Lipinski definition) is 5. The van der Waals surface area contributed by atoms with Crippen molar-refractivity contribution in [3.05, 3.63) is 34.1 Å². The Hall–Kier alpha value is -0.890. The molecule has 2 aromatic rings. The molecule has 1 amide bonds. The zero-order valence-electron chi connectivity index (χ0n) is 14.3. The third-order valence-corrected chi connectivity index (χ3v) is 6.54. The van der Waals surface area contributed by atoms with E-state index in [9.17, 15) is 4.79 Å². The highest BCUT2D eigenvalue weighted by Crippen LogP contribution is 2.30. The summed E-state index contributed by atoms with van der Waals surface area (Å²) >= 11 is 6.52. The Bertz CT molecular complexity index is 714. The van der Waals surface area contributed by atoms with Gasteiger partial charge in [-0.25, -0.2) is 4.98 Å². The molecule has 2 heterocycles. The molecule has 2 unspecified atom stereocenters. The topological polar surface area (TPSA) is 42.4 Å². The van der Waals surface area contributed by atoms with Gasteiger partial charge in [-0.1, -0.05) is 28.1 Å². The highest BCUT2D eigenvalue weighted by molar-refractivity contribution is 9.10. The molecular formula is C18H21BrN2O2S2. The quantitative estimate of drug-likeness (QED) is 0.644. The summed E-state index contributed by atoms with van der Waals surface area (Å²) in [6.07, 6.45) is 4.13. The summed E-state index contributed by atoms with van der Waals surface area (Å²) in [5, 5.41) is 2.67. The van der Waals surface area contributed by atoms with E-state index >= 15 is 0 Å². The van der Waals surface area contributed by atoms with Gasteiger partial charge in [-0.2, -0.15) is 11.8 Å². The Balaban J connectivity index is 1.84. The van der Waals surface area contributed by atoms with Gasteiger partial charge in [0.15, 0.2) is 5.13 Å². The monoisotopic (exact) mass is 440 g/mol. The molecule has 134 valence electrons. The molecule has 1 aliphatic rings. The predicted molar refractivity (Wildman–Crippen MR) is 110 cm³/mol. The van der Waals surface area contributed by atoms with E-state index in [0.717, 1.165) is 40.3 Å². The summed E-state index contributed by atoms with van der Waals surface area (Å²) in [6.45, 7) is 3.31. The lowest BCUT2D eigenvalue weighted by Crippen LogP contribution is -2.41. The van der Waals surface area contributed by atoms with E-state index in [2.05, 4.69) is 15.9 Å². The van der Waals surface area contributed by atoms with Gasteiger partial charge in [-0.3, -0.25) is 9.69 Å². The average Bonchev–Trinajstić information content (AvgIpc) is 3.30. The van der Waals surface area contributed by atoms with Gasteiger partial charge in [0.05, 0.1) is 23.6 Å². The Morgan fingerprint density at radius 3 is 2.88 bits per heavy atom. The first-order valence-electron chi connectivity index (χ1n) is 8.25. The van der Waals surface area contributed by atoms with Gasteiger partial charge in [0.1, 0.15) is 0 Å². The second kappa shape index (κ2) is 8.66. The smallest absolute Gasteiger partial charge is 0.241 e. The van der Waals surface area contributed by atoms with Gasteiger partial charge >= 0.3 is 0 Å². The van der Waals surface area contributed by atoms with Crippen LogP contribution in [0.5, 0.6) is 0 Å². The van der Waals surface area contributed by atoms with Crippen LogP contribution in [0.1, 0.15) is 19.8 Å². The number of thioether (sulfide) groups is 1. The fourth-order valence-corrected chi connectivity index (χ4v) is 4.16. The maximum Gasteiger partial charge on any atom is 0.241 e. The van der Waals surface area contributed by atoms with Crippen molar-refractivity contribution in [2.24, 2.45) is 0 Å². The summed E-state index contributed by atoms with van der Waals surface area (Å²) in [7, 11) is 0. The van der Waals surface area contributed by atoms with Gasteiger partial charge in [0.25, 0.3) is 0 Å². The van der Waals surface area contributed by atoms with Crippen molar-refractivity contribution in [3.63, 3.8) is 0 Å². The zero-order chi connectivity index (χ0) is 17.8. The number of carbonyl (C=O) groups excluding carboxylic acids is 1. The summed E-state index contributed by atoms with van der Waals surface area (Å²) in [5.74, 6) is 0.0970. The fraction of sp³-hybridized carbons (Fsp3) is 0.444. The third-order valence-electron chi connectivity index (χ3n) is 4.24. The van der Waals surface area contributed by atoms with Crippen LogP contribution in [-0.2, 0) is 9.53 Å². The number of benzene rings is 1. The highest BCUT2D eigenvalue weighted by Gasteiger charge is 2.28. The number of carbonyl (C=O) groups is 1. The van der Waals surface area contributed by atoms with Crippen LogP contribution in [0.25, 0.3) is 11.3 Å². The van der Waals surface area contributed by atoms with Gasteiger partial charge in [0, 0.05) is 22.0 Å². The summed E-state index contributed by atoms with van der Waals surface area (Å²) in [4.78, 5) is 19.4. The minimum atomic E-state index is -0.0959. The molecule has 2 atom stereocenters. The highest BCUT2D eigenvalue weighted by atomic mass is 79.9. The number of ether oxygens (including phenoxy) is 1. The Kier molecular flexibility index (Phi) is 6.55. The van der Waals surface area contributed by atoms with E-state index < -0.39 is 0 Å². The number of thiazole rings is 1. The molecule has 0 spiro atoms. The number of nitrogens with zero attached hydrogens (tertiary/aromatic N) is 2. The van der Waals surface area contributed by atoms with Crippen molar-refractivity contribution >= 4 is 50.1 Å². The van der Waals surface area contributed by atoms with Crippen LogP contribution in [0.3, 0.4) is 0 Å². The number of halogens is 1. The summed E-state index contributed by atoms with van der Waals surface area (Å²) in [5.41, 5.74) is 1.95. The number of amides is 1. The van der Waals surface area contributed by atoms with E-state index in [0.29, 0.717) is 6.54 Å². The van der Waals surface area contributed by atoms with E-state index in [4.69, 9.17) is 9.72 Å². The van der Waals surface area contributed by atoms with Crippen LogP contribution in [0, 0.1) is 0 Å². The standard InChI is InChI=1S/C18H21BrN2O2S2/c1-12(24-2)17(22)21(10-15-4-3-9-23-15)18-20-16(11-25-18)13-5-7-14(19)8-6-13/h5-8,11-12,15H,3-4,9-10H2,1-2H3. The molecule has 1 aliphatic heterocycles. The predicted octanol–water partition coefficient (Wildman–Crippen LogP) is 4.84. The second-order valence-corrected chi connectivity index (χ2v) is 8.91. The Labute approximate surface area is 165 Å². The molecule has 25 heavy (non-hydrogen) atoms. The average molecular weight is 441 g/mol. The molecule has 0 radical (unpaired) electrons. The van der Waals surface area contributed by atoms with E-state index in [1.807, 2.05) is 47.7 Å². The van der Waals surface area contributed by atoms with E-state index in [1.165, 1.54) is 11.3 Å². The van der Waals surface area contributed by atoms with Crippen LogP contribution in [0.4, 0.5) is 5.13 Å². The minimum Gasteiger partial charge on any atom is -0.376 e. The van der Waals surface area contributed by atoms with E-state index in [-0.39, 0.29) is 17.3 Å². The van der Waals surface area contributed by atoms with Crippen LogP contribution < -0.4 is 4.90 Å². The molecule has 3 rings (SSSR count). The van der Waals surface area contributed by atoms with Crippen LogP contribution in [-0.4, -0.2) is 41.7 Å². The largest absolute Gasteiger partial charge is 0.376 e. The number of hydrogen-bond donors (Lipinski definition) is 0. The normalized spacial score (nSPS) is 18.3. The lowest BCUT2D eigenvalue weighted by Gasteiger charge is -2.25. The van der Waals surface area contributed by atoms with Crippen molar-refractivity contribution < 1.29 is 9.53 Å². The molecular weight excluding hydrogens is 420 g/mol. The fourth-order valence-electron chi connectivity index (χ4n) is 2.72. The molecule has 7 heteroatoms. The Morgan fingerprint density at radius 2 is 2.24 bits per heavy atom. The lowest BCUT2D eigenvalue weighted by molar-refractivity contribution is -0.118. The van der Waals surface area contributed by atoms with Crippen molar-refractivity contribution in [1.29, 1.82) is 0 Å². The van der Waals surface area contributed by atoms with Crippen LogP contribution in [0.2, 0.25) is 0 Å². The van der Waals surface area contributed by atoms with Crippen molar-refractivity contribution in [2.75, 3.05) is 24.3 Å². The molecule has 1 aromatic carbocycles.